The molecule has 22 heavy (non-hydrogen) atoms. The molecule has 1 aliphatic heterocycles. The van der Waals surface area contributed by atoms with E-state index in [9.17, 15) is 4.79 Å². The molecule has 3 rings (SSSR count). The number of aromatic nitrogens is 4. The van der Waals surface area contributed by atoms with Gasteiger partial charge in [0.1, 0.15) is 6.54 Å². The van der Waals surface area contributed by atoms with Gasteiger partial charge in [0.05, 0.1) is 6.54 Å². The molecule has 8 heteroatoms. The van der Waals surface area contributed by atoms with E-state index in [1.54, 1.807) is 17.1 Å². The minimum absolute atomic E-state index is 0.108. The number of aryl methyl sites for hydroxylation is 1. The van der Waals surface area contributed by atoms with Crippen LogP contribution in [0.3, 0.4) is 0 Å². The molecule has 1 fully saturated rings. The zero-order chi connectivity index (χ0) is 15.4. The maximum atomic E-state index is 12.2. The average Bonchev–Trinajstić information content (AvgIpc) is 3.19. The van der Waals surface area contributed by atoms with Gasteiger partial charge in [-0.1, -0.05) is 12.1 Å². The molecule has 0 saturated carbocycles. The normalized spacial score (nSPS) is 16.1. The Balaban J connectivity index is 1.46. The summed E-state index contributed by atoms with van der Waals surface area (Å²) in [4.78, 5) is 20.6. The fourth-order valence-electron chi connectivity index (χ4n) is 2.49. The van der Waals surface area contributed by atoms with Crippen LogP contribution >= 0.6 is 0 Å². The molecule has 0 N–H and O–H groups in total. The number of hydrogen-bond donors (Lipinski definition) is 0. The van der Waals surface area contributed by atoms with Gasteiger partial charge in [-0.3, -0.25) is 14.4 Å². The Labute approximate surface area is 128 Å². The van der Waals surface area contributed by atoms with Gasteiger partial charge in [0, 0.05) is 45.0 Å². The van der Waals surface area contributed by atoms with Gasteiger partial charge in [-0.05, 0) is 6.07 Å². The Morgan fingerprint density at radius 1 is 1.32 bits per heavy atom. The van der Waals surface area contributed by atoms with Gasteiger partial charge < -0.3 is 9.42 Å². The topological polar surface area (TPSA) is 80.3 Å². The molecule has 8 nitrogen and oxygen atoms in total. The second-order valence-corrected chi connectivity index (χ2v) is 5.32. The smallest absolute Gasteiger partial charge is 0.244 e. The van der Waals surface area contributed by atoms with Crippen LogP contribution < -0.4 is 0 Å². The molecule has 0 aromatic carbocycles. The number of carbonyl (C=O) groups excluding carboxylic acids is 1. The standard InChI is InChI=1S/C14H20N6O2/c1-2-13-16-12(17-22-13)10-18-6-8-19(9-7-18)14(21)11-20-5-3-4-15-20/h3-5H,2,6-11H2,1H3. The predicted octanol–water partition coefficient (Wildman–Crippen LogP) is 0.173. The van der Waals surface area contributed by atoms with E-state index < -0.39 is 0 Å². The van der Waals surface area contributed by atoms with Crippen LogP contribution in [0.15, 0.2) is 23.0 Å². The van der Waals surface area contributed by atoms with Gasteiger partial charge in [-0.2, -0.15) is 10.1 Å². The monoisotopic (exact) mass is 304 g/mol. The number of piperazine rings is 1. The Morgan fingerprint density at radius 2 is 2.14 bits per heavy atom. The molecule has 1 amide bonds. The summed E-state index contributed by atoms with van der Waals surface area (Å²) in [6.45, 7) is 6.04. The van der Waals surface area contributed by atoms with E-state index in [1.807, 2.05) is 17.9 Å². The first kappa shape index (κ1) is 14.7. The van der Waals surface area contributed by atoms with E-state index in [0.717, 1.165) is 32.6 Å². The molecule has 118 valence electrons. The molecule has 0 spiro atoms. The van der Waals surface area contributed by atoms with Gasteiger partial charge in [-0.25, -0.2) is 0 Å². The lowest BCUT2D eigenvalue weighted by Gasteiger charge is -2.34. The molecule has 1 aliphatic rings. The van der Waals surface area contributed by atoms with Crippen molar-refractivity contribution >= 4 is 5.91 Å². The number of hydrogen-bond acceptors (Lipinski definition) is 6. The molecule has 0 unspecified atom stereocenters. The quantitative estimate of drug-likeness (QED) is 0.783. The van der Waals surface area contributed by atoms with Crippen molar-refractivity contribution in [3.8, 4) is 0 Å². The Bertz CT molecular complexity index is 601. The van der Waals surface area contributed by atoms with Crippen LogP contribution in [-0.2, 0) is 24.3 Å². The first-order valence-corrected chi connectivity index (χ1v) is 7.53. The van der Waals surface area contributed by atoms with Crippen molar-refractivity contribution in [1.82, 2.24) is 29.7 Å². The van der Waals surface area contributed by atoms with E-state index in [2.05, 4.69) is 20.1 Å². The Kier molecular flexibility index (Phi) is 4.47. The van der Waals surface area contributed by atoms with E-state index >= 15 is 0 Å². The van der Waals surface area contributed by atoms with Crippen LogP contribution in [0.25, 0.3) is 0 Å². The fraction of sp³-hybridized carbons (Fsp3) is 0.571. The number of amides is 1. The summed E-state index contributed by atoms with van der Waals surface area (Å²) in [5.41, 5.74) is 0. The minimum Gasteiger partial charge on any atom is -0.339 e. The first-order valence-electron chi connectivity index (χ1n) is 7.53. The van der Waals surface area contributed by atoms with Gasteiger partial charge in [0.25, 0.3) is 0 Å². The van der Waals surface area contributed by atoms with Crippen molar-refractivity contribution < 1.29 is 9.32 Å². The zero-order valence-electron chi connectivity index (χ0n) is 12.7. The third-order valence-corrected chi connectivity index (χ3v) is 3.76. The maximum absolute atomic E-state index is 12.2. The highest BCUT2D eigenvalue weighted by atomic mass is 16.5. The van der Waals surface area contributed by atoms with Gasteiger partial charge >= 0.3 is 0 Å². The lowest BCUT2D eigenvalue weighted by atomic mass is 10.3. The van der Waals surface area contributed by atoms with E-state index in [1.165, 1.54) is 0 Å². The molecular formula is C14H20N6O2. The third kappa shape index (κ3) is 3.51. The average molecular weight is 304 g/mol. The molecule has 0 aliphatic carbocycles. The molecule has 0 radical (unpaired) electrons. The lowest BCUT2D eigenvalue weighted by Crippen LogP contribution is -2.49. The van der Waals surface area contributed by atoms with Gasteiger partial charge in [0.15, 0.2) is 5.82 Å². The third-order valence-electron chi connectivity index (χ3n) is 3.76. The summed E-state index contributed by atoms with van der Waals surface area (Å²) in [6.07, 6.45) is 4.24. The largest absolute Gasteiger partial charge is 0.339 e. The van der Waals surface area contributed by atoms with Gasteiger partial charge in [0.2, 0.25) is 11.8 Å². The van der Waals surface area contributed by atoms with Crippen LogP contribution in [-0.4, -0.2) is 61.8 Å². The van der Waals surface area contributed by atoms with Crippen molar-refractivity contribution in [2.24, 2.45) is 0 Å². The van der Waals surface area contributed by atoms with Crippen LogP contribution in [0.2, 0.25) is 0 Å². The van der Waals surface area contributed by atoms with E-state index in [-0.39, 0.29) is 5.91 Å². The van der Waals surface area contributed by atoms with Crippen LogP contribution in [0.4, 0.5) is 0 Å². The molecule has 2 aromatic rings. The van der Waals surface area contributed by atoms with Gasteiger partial charge in [-0.15, -0.1) is 0 Å². The fourth-order valence-corrected chi connectivity index (χ4v) is 2.49. The summed E-state index contributed by atoms with van der Waals surface area (Å²) in [5, 5.41) is 8.03. The summed E-state index contributed by atoms with van der Waals surface area (Å²) in [7, 11) is 0. The van der Waals surface area contributed by atoms with Crippen molar-refractivity contribution in [3.63, 3.8) is 0 Å². The highest BCUT2D eigenvalue weighted by Crippen LogP contribution is 2.07. The Hall–Kier alpha value is -2.22. The molecular weight excluding hydrogens is 284 g/mol. The maximum Gasteiger partial charge on any atom is 0.244 e. The van der Waals surface area contributed by atoms with Crippen molar-refractivity contribution in [2.45, 2.75) is 26.4 Å². The summed E-state index contributed by atoms with van der Waals surface area (Å²) >= 11 is 0. The van der Waals surface area contributed by atoms with E-state index in [0.29, 0.717) is 24.8 Å². The van der Waals surface area contributed by atoms with Crippen molar-refractivity contribution in [2.75, 3.05) is 26.2 Å². The highest BCUT2D eigenvalue weighted by Gasteiger charge is 2.22. The van der Waals surface area contributed by atoms with Crippen molar-refractivity contribution in [3.05, 3.63) is 30.2 Å². The predicted molar refractivity (Wildman–Crippen MR) is 77.8 cm³/mol. The molecule has 3 heterocycles. The summed E-state index contributed by atoms with van der Waals surface area (Å²) < 4.78 is 6.76. The SMILES string of the molecule is CCc1nc(CN2CCN(C(=O)Cn3cccn3)CC2)no1. The second kappa shape index (κ2) is 6.69. The summed E-state index contributed by atoms with van der Waals surface area (Å²) in [6, 6.07) is 1.82. The highest BCUT2D eigenvalue weighted by molar-refractivity contribution is 5.76. The molecule has 0 atom stereocenters. The molecule has 0 bridgehead atoms. The summed E-state index contributed by atoms with van der Waals surface area (Å²) in [5.74, 6) is 1.49. The number of rotatable bonds is 5. The van der Waals surface area contributed by atoms with Crippen LogP contribution in [0, 0.1) is 0 Å². The first-order chi connectivity index (χ1) is 10.7. The number of carbonyl (C=O) groups is 1. The zero-order valence-corrected chi connectivity index (χ0v) is 12.7. The van der Waals surface area contributed by atoms with Crippen LogP contribution in [0.1, 0.15) is 18.6 Å². The molecule has 2 aromatic heterocycles. The molecule has 1 saturated heterocycles. The lowest BCUT2D eigenvalue weighted by molar-refractivity contribution is -0.133. The second-order valence-electron chi connectivity index (χ2n) is 5.32. The minimum atomic E-state index is 0.108. The Morgan fingerprint density at radius 3 is 2.77 bits per heavy atom. The van der Waals surface area contributed by atoms with Crippen molar-refractivity contribution in [1.29, 1.82) is 0 Å². The van der Waals surface area contributed by atoms with E-state index in [4.69, 9.17) is 4.52 Å². The number of nitrogens with zero attached hydrogens (tertiary/aromatic N) is 6. The van der Waals surface area contributed by atoms with Crippen LogP contribution in [0.5, 0.6) is 0 Å².